The van der Waals surface area contributed by atoms with Crippen LogP contribution in [-0.4, -0.2) is 28.9 Å². The van der Waals surface area contributed by atoms with Crippen LogP contribution in [0.25, 0.3) is 0 Å². The molecule has 5 heteroatoms. The summed E-state index contributed by atoms with van der Waals surface area (Å²) in [5.74, 6) is 1.55. The summed E-state index contributed by atoms with van der Waals surface area (Å²) in [6.07, 6.45) is 1.89. The quantitative estimate of drug-likeness (QED) is 0.687. The molecule has 0 aromatic heterocycles. The maximum atomic E-state index is 11.7. The van der Waals surface area contributed by atoms with Crippen molar-refractivity contribution in [1.29, 1.82) is 0 Å². The number of fused-ring (bicyclic) bond motifs is 1. The molecule has 2 aromatic rings. The minimum absolute atomic E-state index is 0.0875. The molecule has 0 amide bonds. The van der Waals surface area contributed by atoms with Crippen molar-refractivity contribution in [2.45, 2.75) is 84.2 Å². The molecule has 0 bridgehead atoms. The van der Waals surface area contributed by atoms with Crippen LogP contribution in [0.4, 0.5) is 0 Å². The predicted octanol–water partition coefficient (Wildman–Crippen LogP) is 4.60. The van der Waals surface area contributed by atoms with E-state index in [1.165, 1.54) is 5.56 Å². The van der Waals surface area contributed by atoms with Gasteiger partial charge in [-0.1, -0.05) is 30.3 Å². The van der Waals surface area contributed by atoms with Crippen LogP contribution in [0.3, 0.4) is 0 Å². The van der Waals surface area contributed by atoms with E-state index in [-0.39, 0.29) is 24.1 Å². The van der Waals surface area contributed by atoms with E-state index in [9.17, 15) is 9.90 Å². The minimum Gasteiger partial charge on any atom is -0.488 e. The van der Waals surface area contributed by atoms with Crippen molar-refractivity contribution >= 4 is 5.97 Å². The van der Waals surface area contributed by atoms with Crippen LogP contribution in [-0.2, 0) is 29.0 Å². The number of esters is 1. The molecule has 2 aliphatic rings. The second-order valence-electron chi connectivity index (χ2n) is 9.42. The molecule has 0 radical (unpaired) electrons. The third kappa shape index (κ3) is 4.72. The van der Waals surface area contributed by atoms with E-state index in [2.05, 4.69) is 39.8 Å². The lowest BCUT2D eigenvalue weighted by Crippen LogP contribution is -2.32. The normalized spacial score (nSPS) is 21.9. The Morgan fingerprint density at radius 3 is 2.61 bits per heavy atom. The first-order chi connectivity index (χ1) is 14.7. The Morgan fingerprint density at radius 1 is 1.16 bits per heavy atom. The lowest BCUT2D eigenvalue weighted by Gasteiger charge is -2.27. The summed E-state index contributed by atoms with van der Waals surface area (Å²) >= 11 is 0. The predicted molar refractivity (Wildman–Crippen MR) is 119 cm³/mol. The van der Waals surface area contributed by atoms with E-state index in [0.717, 1.165) is 40.2 Å². The molecule has 0 spiro atoms. The zero-order valence-corrected chi connectivity index (χ0v) is 18.9. The number of aliphatic hydroxyl groups is 1. The van der Waals surface area contributed by atoms with E-state index in [0.29, 0.717) is 25.9 Å². The number of ether oxygens (including phenoxy) is 3. The Bertz CT molecular complexity index is 964. The van der Waals surface area contributed by atoms with Gasteiger partial charge in [-0.3, -0.25) is 4.79 Å². The van der Waals surface area contributed by atoms with Gasteiger partial charge in [-0.25, -0.2) is 0 Å². The molecule has 2 aromatic carbocycles. The molecule has 31 heavy (non-hydrogen) atoms. The number of hydrogen-bond donors (Lipinski definition) is 1. The highest BCUT2D eigenvalue weighted by atomic mass is 16.5. The fourth-order valence-corrected chi connectivity index (χ4v) is 4.74. The summed E-state index contributed by atoms with van der Waals surface area (Å²) in [5, 5.41) is 9.94. The number of rotatable bonds is 6. The zero-order chi connectivity index (χ0) is 22.2. The first-order valence-corrected chi connectivity index (χ1v) is 11.1. The van der Waals surface area contributed by atoms with Crippen LogP contribution in [0.1, 0.15) is 60.9 Å². The van der Waals surface area contributed by atoms with Crippen LogP contribution in [0.5, 0.6) is 11.5 Å². The van der Waals surface area contributed by atoms with Crippen LogP contribution >= 0.6 is 0 Å². The maximum absolute atomic E-state index is 11.7. The summed E-state index contributed by atoms with van der Waals surface area (Å²) in [5.41, 5.74) is 5.40. The molecular formula is C26H32O5. The lowest BCUT2D eigenvalue weighted by molar-refractivity contribution is -0.160. The van der Waals surface area contributed by atoms with Crippen molar-refractivity contribution in [2.75, 3.05) is 0 Å². The van der Waals surface area contributed by atoms with Crippen molar-refractivity contribution in [2.24, 2.45) is 0 Å². The molecular weight excluding hydrogens is 392 g/mol. The molecule has 0 saturated carbocycles. The van der Waals surface area contributed by atoms with Crippen LogP contribution in [0.15, 0.2) is 30.3 Å². The molecule has 1 fully saturated rings. The third-order valence-electron chi connectivity index (χ3n) is 6.29. The van der Waals surface area contributed by atoms with Crippen molar-refractivity contribution in [3.8, 4) is 11.5 Å². The van der Waals surface area contributed by atoms with E-state index in [1.807, 2.05) is 18.2 Å². The highest BCUT2D eigenvalue weighted by Crippen LogP contribution is 2.46. The van der Waals surface area contributed by atoms with Crippen LogP contribution in [0, 0.1) is 13.8 Å². The Balaban J connectivity index is 1.62. The van der Waals surface area contributed by atoms with Gasteiger partial charge in [-0.2, -0.15) is 0 Å². The fraction of sp³-hybridized carbons (Fsp3) is 0.500. The molecule has 1 saturated heterocycles. The number of carbonyl (C=O) groups excluding carboxylic acids is 1. The number of benzene rings is 2. The number of carbonyl (C=O) groups is 1. The third-order valence-corrected chi connectivity index (χ3v) is 6.29. The van der Waals surface area contributed by atoms with Crippen LogP contribution in [0.2, 0.25) is 0 Å². The Kier molecular flexibility index (Phi) is 5.98. The Hall–Kier alpha value is -2.53. The average Bonchev–Trinajstić information content (AvgIpc) is 3.03. The fourth-order valence-electron chi connectivity index (χ4n) is 4.74. The lowest BCUT2D eigenvalue weighted by atomic mass is 9.90. The summed E-state index contributed by atoms with van der Waals surface area (Å²) in [6.45, 7) is 8.92. The molecule has 2 heterocycles. The largest absolute Gasteiger partial charge is 0.488 e. The zero-order valence-electron chi connectivity index (χ0n) is 18.9. The van der Waals surface area contributed by atoms with Gasteiger partial charge < -0.3 is 19.3 Å². The smallest absolute Gasteiger partial charge is 0.308 e. The van der Waals surface area contributed by atoms with E-state index in [4.69, 9.17) is 14.2 Å². The number of hydrogen-bond acceptors (Lipinski definition) is 5. The van der Waals surface area contributed by atoms with Gasteiger partial charge in [0.25, 0.3) is 0 Å². The standard InChI is InChI=1S/C26H32O5/c1-16-21(11-10-20-12-19(27)13-23(28)30-20)25-22(14-26(3,4)31-25)17(2)24(16)29-15-18-8-6-5-7-9-18/h5-9,19-20,27H,10-15H2,1-4H3/t19-,20-/m1/s1. The van der Waals surface area contributed by atoms with Gasteiger partial charge in [0.2, 0.25) is 0 Å². The van der Waals surface area contributed by atoms with E-state index >= 15 is 0 Å². The van der Waals surface area contributed by atoms with Gasteiger partial charge in [0, 0.05) is 24.0 Å². The molecule has 166 valence electrons. The molecule has 2 atom stereocenters. The minimum atomic E-state index is -0.615. The highest BCUT2D eigenvalue weighted by Gasteiger charge is 2.36. The molecule has 4 rings (SSSR count). The highest BCUT2D eigenvalue weighted by molar-refractivity contribution is 5.71. The van der Waals surface area contributed by atoms with Gasteiger partial charge in [0.15, 0.2) is 0 Å². The second kappa shape index (κ2) is 8.54. The topological polar surface area (TPSA) is 65.0 Å². The molecule has 0 aliphatic carbocycles. The van der Waals surface area contributed by atoms with Gasteiger partial charge in [-0.15, -0.1) is 0 Å². The first-order valence-electron chi connectivity index (χ1n) is 11.1. The number of cyclic esters (lactones) is 1. The van der Waals surface area contributed by atoms with E-state index < -0.39 is 6.10 Å². The molecule has 5 nitrogen and oxygen atoms in total. The van der Waals surface area contributed by atoms with Crippen LogP contribution < -0.4 is 9.47 Å². The first kappa shape index (κ1) is 21.7. The summed E-state index contributed by atoms with van der Waals surface area (Å²) in [6, 6.07) is 10.2. The summed E-state index contributed by atoms with van der Waals surface area (Å²) in [7, 11) is 0. The van der Waals surface area contributed by atoms with Crippen molar-refractivity contribution in [3.05, 3.63) is 58.1 Å². The van der Waals surface area contributed by atoms with Crippen molar-refractivity contribution < 1.29 is 24.1 Å². The van der Waals surface area contributed by atoms with Crippen molar-refractivity contribution in [3.63, 3.8) is 0 Å². The summed E-state index contributed by atoms with van der Waals surface area (Å²) in [4.78, 5) is 11.7. The monoisotopic (exact) mass is 424 g/mol. The second-order valence-corrected chi connectivity index (χ2v) is 9.42. The Morgan fingerprint density at radius 2 is 1.90 bits per heavy atom. The Labute approximate surface area is 184 Å². The SMILES string of the molecule is Cc1c(CC[C@@H]2C[C@@H](O)CC(=O)O2)c2c(c(C)c1OCc1ccccc1)CC(C)(C)O2. The van der Waals surface area contributed by atoms with E-state index in [1.54, 1.807) is 0 Å². The van der Waals surface area contributed by atoms with Gasteiger partial charge >= 0.3 is 5.97 Å². The average molecular weight is 425 g/mol. The van der Waals surface area contributed by atoms with Gasteiger partial charge in [0.05, 0.1) is 12.5 Å². The van der Waals surface area contributed by atoms with Gasteiger partial charge in [0.1, 0.15) is 29.8 Å². The number of aliphatic hydroxyl groups excluding tert-OH is 1. The molecule has 1 N–H and O–H groups in total. The molecule has 0 unspecified atom stereocenters. The van der Waals surface area contributed by atoms with Gasteiger partial charge in [-0.05, 0) is 57.2 Å². The molecule has 2 aliphatic heterocycles. The van der Waals surface area contributed by atoms with Crippen molar-refractivity contribution in [1.82, 2.24) is 0 Å². The summed E-state index contributed by atoms with van der Waals surface area (Å²) < 4.78 is 18.2. The maximum Gasteiger partial charge on any atom is 0.308 e.